The van der Waals surface area contributed by atoms with Gasteiger partial charge in [0.2, 0.25) is 0 Å². The van der Waals surface area contributed by atoms with E-state index in [-0.39, 0.29) is 0 Å². The van der Waals surface area contributed by atoms with Crippen LogP contribution in [0.15, 0.2) is 73.3 Å². The SMILES string of the molecule is c1cc(Nc2ccc3nccnc3n2)cc(Oc2ccncc2)c1. The minimum atomic E-state index is 0.603. The Kier molecular flexibility index (Phi) is 3.69. The molecule has 4 rings (SSSR count). The maximum absolute atomic E-state index is 5.80. The number of hydrogen-bond donors (Lipinski definition) is 1. The topological polar surface area (TPSA) is 72.8 Å². The molecular formula is C18H13N5O. The Hall–Kier alpha value is -3.54. The van der Waals surface area contributed by atoms with Crippen molar-refractivity contribution in [3.63, 3.8) is 0 Å². The highest BCUT2D eigenvalue weighted by Crippen LogP contribution is 2.25. The molecule has 6 nitrogen and oxygen atoms in total. The predicted octanol–water partition coefficient (Wildman–Crippen LogP) is 3.96. The average molecular weight is 315 g/mol. The van der Waals surface area contributed by atoms with Crippen molar-refractivity contribution in [1.82, 2.24) is 19.9 Å². The van der Waals surface area contributed by atoms with Crippen molar-refractivity contribution in [3.8, 4) is 11.5 Å². The number of rotatable bonds is 4. The van der Waals surface area contributed by atoms with Crippen molar-refractivity contribution in [2.24, 2.45) is 0 Å². The second-order valence-electron chi connectivity index (χ2n) is 5.03. The highest BCUT2D eigenvalue weighted by Gasteiger charge is 2.03. The molecule has 6 heteroatoms. The van der Waals surface area contributed by atoms with Crippen molar-refractivity contribution in [1.29, 1.82) is 0 Å². The van der Waals surface area contributed by atoms with Gasteiger partial charge in [-0.3, -0.25) is 9.97 Å². The second-order valence-corrected chi connectivity index (χ2v) is 5.03. The van der Waals surface area contributed by atoms with Gasteiger partial charge >= 0.3 is 0 Å². The molecule has 0 atom stereocenters. The average Bonchev–Trinajstić information content (AvgIpc) is 2.63. The van der Waals surface area contributed by atoms with Gasteiger partial charge < -0.3 is 10.1 Å². The number of nitrogens with one attached hydrogen (secondary N) is 1. The third kappa shape index (κ3) is 3.12. The van der Waals surface area contributed by atoms with E-state index < -0.39 is 0 Å². The first-order valence-corrected chi connectivity index (χ1v) is 7.39. The Morgan fingerprint density at radius 3 is 2.58 bits per heavy atom. The summed E-state index contributed by atoms with van der Waals surface area (Å²) in [6, 6.07) is 15.0. The van der Waals surface area contributed by atoms with Gasteiger partial charge in [-0.2, -0.15) is 0 Å². The van der Waals surface area contributed by atoms with Crippen LogP contribution in [-0.2, 0) is 0 Å². The number of benzene rings is 1. The zero-order chi connectivity index (χ0) is 16.2. The first kappa shape index (κ1) is 14.1. The minimum Gasteiger partial charge on any atom is -0.457 e. The maximum Gasteiger partial charge on any atom is 0.180 e. The summed E-state index contributed by atoms with van der Waals surface area (Å²) in [4.78, 5) is 16.8. The first-order chi connectivity index (χ1) is 11.9. The van der Waals surface area contributed by atoms with Crippen LogP contribution in [0.25, 0.3) is 11.2 Å². The fourth-order valence-corrected chi connectivity index (χ4v) is 2.25. The van der Waals surface area contributed by atoms with Crippen molar-refractivity contribution in [3.05, 3.63) is 73.3 Å². The standard InChI is InChI=1S/C18H13N5O/c1-2-13(12-15(3-1)24-14-6-8-19-9-7-14)22-17-5-4-16-18(23-17)21-11-10-20-16/h1-12H,(H,21,22,23). The van der Waals surface area contributed by atoms with E-state index in [1.54, 1.807) is 24.8 Å². The summed E-state index contributed by atoms with van der Waals surface area (Å²) in [6.45, 7) is 0. The van der Waals surface area contributed by atoms with E-state index in [0.717, 1.165) is 22.7 Å². The zero-order valence-corrected chi connectivity index (χ0v) is 12.6. The summed E-state index contributed by atoms with van der Waals surface area (Å²) < 4.78 is 5.80. The highest BCUT2D eigenvalue weighted by molar-refractivity contribution is 5.73. The molecule has 4 aromatic rings. The van der Waals surface area contributed by atoms with E-state index in [0.29, 0.717) is 11.5 Å². The zero-order valence-electron chi connectivity index (χ0n) is 12.6. The lowest BCUT2D eigenvalue weighted by Crippen LogP contribution is -1.95. The molecule has 116 valence electrons. The number of fused-ring (bicyclic) bond motifs is 1. The van der Waals surface area contributed by atoms with Crippen molar-refractivity contribution in [2.45, 2.75) is 0 Å². The fourth-order valence-electron chi connectivity index (χ4n) is 2.25. The van der Waals surface area contributed by atoms with Crippen LogP contribution in [0, 0.1) is 0 Å². The molecule has 0 radical (unpaired) electrons. The molecule has 0 bridgehead atoms. The van der Waals surface area contributed by atoms with E-state index >= 15 is 0 Å². The summed E-state index contributed by atoms with van der Waals surface area (Å²) >= 11 is 0. The van der Waals surface area contributed by atoms with Crippen LogP contribution in [0.2, 0.25) is 0 Å². The van der Waals surface area contributed by atoms with E-state index in [9.17, 15) is 0 Å². The van der Waals surface area contributed by atoms with E-state index in [1.807, 2.05) is 48.5 Å². The van der Waals surface area contributed by atoms with Gasteiger partial charge in [-0.15, -0.1) is 0 Å². The molecular weight excluding hydrogens is 302 g/mol. The number of ether oxygens (including phenoxy) is 1. The van der Waals surface area contributed by atoms with Gasteiger partial charge in [0.05, 0.1) is 0 Å². The number of hydrogen-bond acceptors (Lipinski definition) is 6. The second kappa shape index (κ2) is 6.29. The Labute approximate surface area is 138 Å². The van der Waals surface area contributed by atoms with Crippen LogP contribution in [0.5, 0.6) is 11.5 Å². The maximum atomic E-state index is 5.80. The summed E-state index contributed by atoms with van der Waals surface area (Å²) in [5, 5.41) is 3.25. The van der Waals surface area contributed by atoms with Gasteiger partial charge in [-0.05, 0) is 36.4 Å². The van der Waals surface area contributed by atoms with Crippen molar-refractivity contribution in [2.75, 3.05) is 5.32 Å². The van der Waals surface area contributed by atoms with Crippen molar-refractivity contribution < 1.29 is 4.74 Å². The normalized spacial score (nSPS) is 10.5. The van der Waals surface area contributed by atoms with Crippen LogP contribution in [0.4, 0.5) is 11.5 Å². The van der Waals surface area contributed by atoms with Crippen LogP contribution in [0.1, 0.15) is 0 Å². The molecule has 0 aliphatic carbocycles. The molecule has 0 fully saturated rings. The molecule has 3 heterocycles. The van der Waals surface area contributed by atoms with Gasteiger partial charge in [-0.1, -0.05) is 6.07 Å². The van der Waals surface area contributed by atoms with Crippen LogP contribution >= 0.6 is 0 Å². The predicted molar refractivity (Wildman–Crippen MR) is 91.4 cm³/mol. The van der Waals surface area contributed by atoms with E-state index in [1.165, 1.54) is 0 Å². The Morgan fingerprint density at radius 1 is 0.792 bits per heavy atom. The largest absolute Gasteiger partial charge is 0.457 e. The number of nitrogens with zero attached hydrogens (tertiary/aromatic N) is 4. The molecule has 3 aromatic heterocycles. The van der Waals surface area contributed by atoms with E-state index in [2.05, 4.69) is 25.3 Å². The monoisotopic (exact) mass is 315 g/mol. The molecule has 0 saturated heterocycles. The number of anilines is 2. The molecule has 0 aliphatic rings. The smallest absolute Gasteiger partial charge is 0.180 e. The lowest BCUT2D eigenvalue weighted by Gasteiger charge is -2.09. The van der Waals surface area contributed by atoms with Crippen LogP contribution in [0.3, 0.4) is 0 Å². The third-order valence-electron chi connectivity index (χ3n) is 3.32. The minimum absolute atomic E-state index is 0.603. The van der Waals surface area contributed by atoms with Gasteiger partial charge in [0.25, 0.3) is 0 Å². The summed E-state index contributed by atoms with van der Waals surface area (Å²) in [5.41, 5.74) is 2.24. The van der Waals surface area contributed by atoms with Crippen LogP contribution < -0.4 is 10.1 Å². The summed E-state index contributed by atoms with van der Waals surface area (Å²) in [5.74, 6) is 2.16. The highest BCUT2D eigenvalue weighted by atomic mass is 16.5. The lowest BCUT2D eigenvalue weighted by molar-refractivity contribution is 0.482. The molecule has 1 N–H and O–H groups in total. The first-order valence-electron chi connectivity index (χ1n) is 7.39. The van der Waals surface area contributed by atoms with E-state index in [4.69, 9.17) is 4.74 Å². The van der Waals surface area contributed by atoms with Crippen molar-refractivity contribution >= 4 is 22.7 Å². The molecule has 0 saturated carbocycles. The molecule has 0 spiro atoms. The number of aromatic nitrogens is 4. The quantitative estimate of drug-likeness (QED) is 0.614. The Balaban J connectivity index is 1.56. The lowest BCUT2D eigenvalue weighted by atomic mass is 10.3. The fraction of sp³-hybridized carbons (Fsp3) is 0. The van der Waals surface area contributed by atoms with Gasteiger partial charge in [0.1, 0.15) is 22.8 Å². The molecule has 0 amide bonds. The van der Waals surface area contributed by atoms with Crippen LogP contribution in [-0.4, -0.2) is 19.9 Å². The van der Waals surface area contributed by atoms with Gasteiger partial charge in [-0.25, -0.2) is 9.97 Å². The molecule has 24 heavy (non-hydrogen) atoms. The van der Waals surface area contributed by atoms with Gasteiger partial charge in [0.15, 0.2) is 5.65 Å². The van der Waals surface area contributed by atoms with Gasteiger partial charge in [0, 0.05) is 36.5 Å². The molecule has 0 unspecified atom stereocenters. The Morgan fingerprint density at radius 2 is 1.67 bits per heavy atom. The summed E-state index contributed by atoms with van der Waals surface area (Å²) in [6.07, 6.45) is 6.66. The summed E-state index contributed by atoms with van der Waals surface area (Å²) in [7, 11) is 0. The number of pyridine rings is 2. The Bertz CT molecular complexity index is 975. The molecule has 0 aliphatic heterocycles. The molecule has 1 aromatic carbocycles. The third-order valence-corrected chi connectivity index (χ3v) is 3.32.